The number of hydrogen-bond donors (Lipinski definition) is 1. The zero-order chi connectivity index (χ0) is 24.7. The molecule has 0 spiro atoms. The van der Waals surface area contributed by atoms with Crippen LogP contribution in [0.1, 0.15) is 27.4 Å². The van der Waals surface area contributed by atoms with Gasteiger partial charge in [-0.05, 0) is 48.0 Å². The topological polar surface area (TPSA) is 94.0 Å². The van der Waals surface area contributed by atoms with Crippen LogP contribution < -0.4 is 0 Å². The summed E-state index contributed by atoms with van der Waals surface area (Å²) in [5.41, 5.74) is -0.784. The highest BCUT2D eigenvalue weighted by Gasteiger charge is 2.42. The third-order valence-corrected chi connectivity index (χ3v) is 5.60. The standard InChI is InChI=1S/C24H14ClF3N4O3/c25-15-3-1-13(2-4-15)12-32-18-6-5-16(33)11-17(18)19(21(32)24(26,27)28)20(34)22-30-23(35-31-22)14-7-9-29-10-8-14/h1-11,33H,12H2. The largest absolute Gasteiger partial charge is 0.508 e. The average molecular weight is 499 g/mol. The summed E-state index contributed by atoms with van der Waals surface area (Å²) in [5, 5.41) is 14.0. The smallest absolute Gasteiger partial charge is 0.432 e. The molecule has 1 N–H and O–H groups in total. The second-order valence-electron chi connectivity index (χ2n) is 7.62. The molecule has 11 heteroatoms. The number of pyridine rings is 1. The van der Waals surface area contributed by atoms with Crippen LogP contribution in [0.4, 0.5) is 13.2 Å². The van der Waals surface area contributed by atoms with Gasteiger partial charge in [0.1, 0.15) is 11.4 Å². The Morgan fingerprint density at radius 1 is 1.06 bits per heavy atom. The molecule has 3 heterocycles. The number of phenolic OH excluding ortho intramolecular Hbond substituents is 1. The van der Waals surface area contributed by atoms with Crippen LogP contribution in [0, 0.1) is 0 Å². The van der Waals surface area contributed by atoms with Crippen LogP contribution in [0.15, 0.2) is 71.5 Å². The first kappa shape index (κ1) is 22.6. The van der Waals surface area contributed by atoms with Crippen LogP contribution in [0.5, 0.6) is 5.75 Å². The first-order chi connectivity index (χ1) is 16.7. The number of nitrogens with zero attached hydrogens (tertiary/aromatic N) is 4. The summed E-state index contributed by atoms with van der Waals surface area (Å²) >= 11 is 5.91. The third kappa shape index (κ3) is 4.24. The summed E-state index contributed by atoms with van der Waals surface area (Å²) in [6.07, 6.45) is -1.98. The van der Waals surface area contributed by atoms with Gasteiger partial charge in [-0.25, -0.2) is 0 Å². The summed E-state index contributed by atoms with van der Waals surface area (Å²) in [7, 11) is 0. The van der Waals surface area contributed by atoms with E-state index in [9.17, 15) is 23.1 Å². The Morgan fingerprint density at radius 2 is 1.77 bits per heavy atom. The average Bonchev–Trinajstić information content (AvgIpc) is 3.44. The lowest BCUT2D eigenvalue weighted by molar-refractivity contribution is -0.143. The number of aromatic hydroxyl groups is 1. The molecular formula is C24H14ClF3N4O3. The second kappa shape index (κ2) is 8.55. The molecule has 0 aliphatic carbocycles. The summed E-state index contributed by atoms with van der Waals surface area (Å²) in [6, 6.07) is 13.1. The number of alkyl halides is 3. The van der Waals surface area contributed by atoms with Crippen molar-refractivity contribution in [2.75, 3.05) is 0 Å². The molecule has 0 unspecified atom stereocenters. The van der Waals surface area contributed by atoms with Gasteiger partial charge in [0.15, 0.2) is 0 Å². The van der Waals surface area contributed by atoms with Crippen LogP contribution >= 0.6 is 11.6 Å². The molecule has 0 saturated carbocycles. The second-order valence-corrected chi connectivity index (χ2v) is 8.06. The summed E-state index contributed by atoms with van der Waals surface area (Å²) in [4.78, 5) is 21.3. The molecule has 0 atom stereocenters. The van der Waals surface area contributed by atoms with Crippen LogP contribution in [0.2, 0.25) is 5.02 Å². The van der Waals surface area contributed by atoms with Crippen LogP contribution in [0.25, 0.3) is 22.4 Å². The number of hydrogen-bond acceptors (Lipinski definition) is 6. The molecule has 0 amide bonds. The fourth-order valence-corrected chi connectivity index (χ4v) is 3.97. The number of halogens is 4. The van der Waals surface area contributed by atoms with Crippen molar-refractivity contribution in [1.29, 1.82) is 0 Å². The van der Waals surface area contributed by atoms with Gasteiger partial charge < -0.3 is 14.2 Å². The van der Waals surface area contributed by atoms with Crippen molar-refractivity contribution in [3.05, 3.63) is 94.7 Å². The molecular weight excluding hydrogens is 485 g/mol. The SMILES string of the molecule is O=C(c1noc(-c2ccncc2)n1)c1c(C(F)(F)F)n(Cc2ccc(Cl)cc2)c2ccc(O)cc12. The third-order valence-electron chi connectivity index (χ3n) is 5.35. The first-order valence-electron chi connectivity index (χ1n) is 10.2. The molecule has 176 valence electrons. The van der Waals surface area contributed by atoms with Crippen molar-refractivity contribution in [2.45, 2.75) is 12.7 Å². The van der Waals surface area contributed by atoms with E-state index in [0.717, 1.165) is 10.6 Å². The molecule has 0 aliphatic heterocycles. The minimum Gasteiger partial charge on any atom is -0.508 e. The molecule has 0 saturated heterocycles. The van der Waals surface area contributed by atoms with Gasteiger partial charge in [0, 0.05) is 40.4 Å². The number of rotatable bonds is 5. The molecule has 2 aromatic carbocycles. The number of phenols is 1. The number of ketones is 1. The van der Waals surface area contributed by atoms with E-state index >= 15 is 0 Å². The van der Waals surface area contributed by atoms with Crippen molar-refractivity contribution < 1.29 is 27.6 Å². The molecule has 3 aromatic heterocycles. The Balaban J connectivity index is 1.70. The highest BCUT2D eigenvalue weighted by molar-refractivity contribution is 6.30. The Labute approximate surface area is 200 Å². The van der Waals surface area contributed by atoms with Crippen molar-refractivity contribution in [1.82, 2.24) is 19.7 Å². The van der Waals surface area contributed by atoms with Gasteiger partial charge in [-0.3, -0.25) is 9.78 Å². The maximum absolute atomic E-state index is 14.4. The zero-order valence-electron chi connectivity index (χ0n) is 17.6. The van der Waals surface area contributed by atoms with Gasteiger partial charge >= 0.3 is 6.18 Å². The van der Waals surface area contributed by atoms with Crippen molar-refractivity contribution >= 4 is 28.3 Å². The van der Waals surface area contributed by atoms with Crippen LogP contribution in [-0.2, 0) is 12.7 Å². The lowest BCUT2D eigenvalue weighted by Crippen LogP contribution is -2.19. The number of carbonyl (C=O) groups is 1. The molecule has 35 heavy (non-hydrogen) atoms. The van der Waals surface area contributed by atoms with E-state index in [-0.39, 0.29) is 29.1 Å². The maximum Gasteiger partial charge on any atom is 0.432 e. The Bertz CT molecular complexity index is 1540. The van der Waals surface area contributed by atoms with Crippen LogP contribution in [0.3, 0.4) is 0 Å². The lowest BCUT2D eigenvalue weighted by Gasteiger charge is -2.14. The number of aromatic nitrogens is 4. The van der Waals surface area contributed by atoms with Crippen LogP contribution in [-0.4, -0.2) is 30.6 Å². The minimum absolute atomic E-state index is 0.0444. The molecule has 5 rings (SSSR count). The van der Waals surface area contributed by atoms with Gasteiger partial charge in [0.25, 0.3) is 5.89 Å². The monoisotopic (exact) mass is 498 g/mol. The number of benzene rings is 2. The predicted molar refractivity (Wildman–Crippen MR) is 120 cm³/mol. The Hall–Kier alpha value is -4.18. The molecule has 0 radical (unpaired) electrons. The van der Waals surface area contributed by atoms with Crippen molar-refractivity contribution in [3.63, 3.8) is 0 Å². The summed E-state index contributed by atoms with van der Waals surface area (Å²) < 4.78 is 49.4. The van der Waals surface area contributed by atoms with E-state index < -0.39 is 29.0 Å². The minimum atomic E-state index is -4.91. The van der Waals surface area contributed by atoms with E-state index in [2.05, 4.69) is 15.1 Å². The number of carbonyl (C=O) groups excluding carboxylic acids is 1. The molecule has 0 aliphatic rings. The van der Waals surface area contributed by atoms with Crippen molar-refractivity contribution in [2.24, 2.45) is 0 Å². The fourth-order valence-electron chi connectivity index (χ4n) is 3.84. The van der Waals surface area contributed by atoms with E-state index in [4.69, 9.17) is 16.1 Å². The first-order valence-corrected chi connectivity index (χ1v) is 10.6. The van der Waals surface area contributed by atoms with Crippen molar-refractivity contribution in [3.8, 4) is 17.2 Å². The molecule has 7 nitrogen and oxygen atoms in total. The van der Waals surface area contributed by atoms with Gasteiger partial charge in [0.2, 0.25) is 11.6 Å². The van der Waals surface area contributed by atoms with Gasteiger partial charge in [-0.15, -0.1) is 0 Å². The quantitative estimate of drug-likeness (QED) is 0.310. The fraction of sp³-hybridized carbons (Fsp3) is 0.0833. The maximum atomic E-state index is 14.4. The normalized spacial score (nSPS) is 11.8. The molecule has 5 aromatic rings. The molecule has 0 fully saturated rings. The highest BCUT2D eigenvalue weighted by Crippen LogP contribution is 2.40. The summed E-state index contributed by atoms with van der Waals surface area (Å²) in [5.74, 6) is -1.98. The van der Waals surface area contributed by atoms with E-state index in [1.165, 1.54) is 24.5 Å². The van der Waals surface area contributed by atoms with E-state index in [1.807, 2.05) is 0 Å². The zero-order valence-corrected chi connectivity index (χ0v) is 18.4. The summed E-state index contributed by atoms with van der Waals surface area (Å²) in [6.45, 7) is -0.199. The lowest BCUT2D eigenvalue weighted by atomic mass is 10.1. The highest BCUT2D eigenvalue weighted by atomic mass is 35.5. The number of fused-ring (bicyclic) bond motifs is 1. The van der Waals surface area contributed by atoms with E-state index in [0.29, 0.717) is 16.1 Å². The molecule has 0 bridgehead atoms. The Kier molecular flexibility index (Phi) is 5.52. The van der Waals surface area contributed by atoms with Gasteiger partial charge in [-0.1, -0.05) is 28.9 Å². The van der Waals surface area contributed by atoms with Gasteiger partial charge in [0.05, 0.1) is 5.56 Å². The predicted octanol–water partition coefficient (Wildman–Crippen LogP) is 5.74. The van der Waals surface area contributed by atoms with E-state index in [1.54, 1.807) is 36.4 Å². The Morgan fingerprint density at radius 3 is 2.46 bits per heavy atom. The van der Waals surface area contributed by atoms with Gasteiger partial charge in [-0.2, -0.15) is 18.2 Å².